The summed E-state index contributed by atoms with van der Waals surface area (Å²) in [4.78, 5) is 2.55. The van der Waals surface area contributed by atoms with Crippen molar-refractivity contribution in [1.29, 1.82) is 0 Å². The molecular weight excluding hydrogens is 370 g/mol. The van der Waals surface area contributed by atoms with Crippen molar-refractivity contribution in [2.45, 2.75) is 38.4 Å². The second-order valence-electron chi connectivity index (χ2n) is 7.63. The van der Waals surface area contributed by atoms with Crippen LogP contribution in [0.2, 0.25) is 0 Å². The fourth-order valence-corrected chi connectivity index (χ4v) is 4.85. The van der Waals surface area contributed by atoms with E-state index >= 15 is 0 Å². The molecule has 6 nitrogen and oxygen atoms in total. The molecule has 2 aromatic carbocycles. The molecular formula is C23H29NO5. The number of methoxy groups -OCH3 is 5. The van der Waals surface area contributed by atoms with Crippen molar-refractivity contribution < 1.29 is 23.7 Å². The van der Waals surface area contributed by atoms with Crippen LogP contribution in [0.15, 0.2) is 18.2 Å². The van der Waals surface area contributed by atoms with Crippen LogP contribution in [0.4, 0.5) is 0 Å². The second kappa shape index (κ2) is 7.67. The molecule has 0 aromatic heterocycles. The Labute approximate surface area is 172 Å². The average Bonchev–Trinajstić information content (AvgIpc) is 2.75. The third-order valence-corrected chi connectivity index (χ3v) is 6.27. The number of ether oxygens (including phenoxy) is 5. The van der Waals surface area contributed by atoms with Gasteiger partial charge in [0, 0.05) is 24.2 Å². The zero-order chi connectivity index (χ0) is 20.7. The molecule has 2 aliphatic heterocycles. The summed E-state index contributed by atoms with van der Waals surface area (Å²) >= 11 is 0. The standard InChI is InChI=1S/C23H29NO5/c1-13-7-14-9-19(25-2)20(26-3)11-16(14)18-8-15-10-21(27-4)23(29-6)22(28-5)17(15)12-24(13)18/h9-11,13,18H,7-8,12H2,1-6H3/t13-,18?/m1/s1. The summed E-state index contributed by atoms with van der Waals surface area (Å²) in [5.74, 6) is 3.69. The van der Waals surface area contributed by atoms with Gasteiger partial charge in [-0.25, -0.2) is 0 Å². The van der Waals surface area contributed by atoms with Crippen LogP contribution in [0.5, 0.6) is 28.7 Å². The Morgan fingerprint density at radius 1 is 0.724 bits per heavy atom. The minimum Gasteiger partial charge on any atom is -0.493 e. The first-order valence-electron chi connectivity index (χ1n) is 9.87. The Bertz CT molecular complexity index is 926. The van der Waals surface area contributed by atoms with Gasteiger partial charge in [0.25, 0.3) is 0 Å². The molecule has 2 heterocycles. The smallest absolute Gasteiger partial charge is 0.203 e. The van der Waals surface area contributed by atoms with Gasteiger partial charge in [-0.05, 0) is 54.7 Å². The van der Waals surface area contributed by atoms with Crippen LogP contribution in [0.3, 0.4) is 0 Å². The molecule has 156 valence electrons. The predicted octanol–water partition coefficient (Wildman–Crippen LogP) is 3.77. The van der Waals surface area contributed by atoms with E-state index in [1.165, 1.54) is 22.3 Å². The quantitative estimate of drug-likeness (QED) is 0.763. The van der Waals surface area contributed by atoms with E-state index in [0.29, 0.717) is 17.5 Å². The molecule has 0 saturated heterocycles. The number of benzene rings is 2. The van der Waals surface area contributed by atoms with Crippen LogP contribution in [0, 0.1) is 0 Å². The number of fused-ring (bicyclic) bond motifs is 4. The molecule has 1 unspecified atom stereocenters. The number of rotatable bonds is 5. The molecule has 29 heavy (non-hydrogen) atoms. The molecule has 4 rings (SSSR count). The number of nitrogens with zero attached hydrogens (tertiary/aromatic N) is 1. The van der Waals surface area contributed by atoms with E-state index in [1.807, 2.05) is 0 Å². The van der Waals surface area contributed by atoms with Crippen LogP contribution in [-0.2, 0) is 19.4 Å². The van der Waals surface area contributed by atoms with E-state index in [-0.39, 0.29) is 6.04 Å². The molecule has 6 heteroatoms. The van der Waals surface area contributed by atoms with E-state index in [1.54, 1.807) is 35.5 Å². The van der Waals surface area contributed by atoms with Crippen LogP contribution in [0.25, 0.3) is 0 Å². The Hall–Kier alpha value is -2.60. The summed E-state index contributed by atoms with van der Waals surface area (Å²) in [5, 5.41) is 0. The van der Waals surface area contributed by atoms with E-state index in [2.05, 4.69) is 30.0 Å². The fourth-order valence-electron chi connectivity index (χ4n) is 4.85. The van der Waals surface area contributed by atoms with Gasteiger partial charge in [0.1, 0.15) is 0 Å². The highest BCUT2D eigenvalue weighted by Gasteiger charge is 2.39. The summed E-state index contributed by atoms with van der Waals surface area (Å²) in [6.07, 6.45) is 1.84. The lowest BCUT2D eigenvalue weighted by Gasteiger charge is -2.46. The molecule has 0 amide bonds. The molecule has 0 aliphatic carbocycles. The Morgan fingerprint density at radius 2 is 1.34 bits per heavy atom. The van der Waals surface area contributed by atoms with E-state index < -0.39 is 0 Å². The van der Waals surface area contributed by atoms with Crippen LogP contribution >= 0.6 is 0 Å². The zero-order valence-electron chi connectivity index (χ0n) is 18.0. The van der Waals surface area contributed by atoms with Gasteiger partial charge in [-0.1, -0.05) is 0 Å². The normalized spacial score (nSPS) is 20.2. The lowest BCUT2D eigenvalue weighted by Crippen LogP contribution is -2.45. The summed E-state index contributed by atoms with van der Waals surface area (Å²) in [5.41, 5.74) is 5.04. The minimum absolute atomic E-state index is 0.267. The largest absolute Gasteiger partial charge is 0.493 e. The molecule has 0 bridgehead atoms. The maximum atomic E-state index is 5.76. The predicted molar refractivity (Wildman–Crippen MR) is 111 cm³/mol. The molecule has 2 aromatic rings. The minimum atomic E-state index is 0.267. The fraction of sp³-hybridized carbons (Fsp3) is 0.478. The van der Waals surface area contributed by atoms with Crippen LogP contribution < -0.4 is 23.7 Å². The van der Waals surface area contributed by atoms with Crippen molar-refractivity contribution in [3.05, 3.63) is 40.5 Å². The SMILES string of the molecule is COc1cc2c(cc1OC)C1Cc3cc(OC)c(OC)c(OC)c3CN1[C@H](C)C2. The maximum Gasteiger partial charge on any atom is 0.203 e. The highest BCUT2D eigenvalue weighted by molar-refractivity contribution is 5.61. The van der Waals surface area contributed by atoms with Crippen molar-refractivity contribution in [2.75, 3.05) is 35.5 Å². The molecule has 0 fully saturated rings. The van der Waals surface area contributed by atoms with Crippen molar-refractivity contribution in [1.82, 2.24) is 4.90 Å². The molecule has 0 spiro atoms. The number of hydrogen-bond donors (Lipinski definition) is 0. The molecule has 2 aliphatic rings. The van der Waals surface area contributed by atoms with Crippen molar-refractivity contribution in [2.24, 2.45) is 0 Å². The Morgan fingerprint density at radius 3 is 1.97 bits per heavy atom. The van der Waals surface area contributed by atoms with Gasteiger partial charge in [-0.15, -0.1) is 0 Å². The second-order valence-corrected chi connectivity index (χ2v) is 7.63. The lowest BCUT2D eigenvalue weighted by atomic mass is 9.81. The first-order valence-corrected chi connectivity index (χ1v) is 9.87. The molecule has 0 saturated carbocycles. The van der Waals surface area contributed by atoms with Gasteiger partial charge in [-0.3, -0.25) is 4.90 Å². The van der Waals surface area contributed by atoms with Gasteiger partial charge in [0.05, 0.1) is 35.5 Å². The topological polar surface area (TPSA) is 49.4 Å². The highest BCUT2D eigenvalue weighted by Crippen LogP contribution is 2.49. The summed E-state index contributed by atoms with van der Waals surface area (Å²) < 4.78 is 28.1. The van der Waals surface area contributed by atoms with Crippen LogP contribution in [-0.4, -0.2) is 46.5 Å². The molecule has 0 radical (unpaired) electrons. The van der Waals surface area contributed by atoms with Gasteiger partial charge < -0.3 is 23.7 Å². The van der Waals surface area contributed by atoms with Crippen LogP contribution in [0.1, 0.15) is 35.2 Å². The average molecular weight is 399 g/mol. The summed E-state index contributed by atoms with van der Waals surface area (Å²) in [6, 6.07) is 7.03. The van der Waals surface area contributed by atoms with Crippen molar-refractivity contribution in [3.63, 3.8) is 0 Å². The Balaban J connectivity index is 1.84. The summed E-state index contributed by atoms with van der Waals surface area (Å²) in [6.45, 7) is 3.09. The number of hydrogen-bond acceptors (Lipinski definition) is 6. The van der Waals surface area contributed by atoms with Gasteiger partial charge in [0.2, 0.25) is 5.75 Å². The maximum absolute atomic E-state index is 5.76. The third kappa shape index (κ3) is 3.06. The first-order chi connectivity index (χ1) is 14.1. The highest BCUT2D eigenvalue weighted by atomic mass is 16.5. The van der Waals surface area contributed by atoms with Gasteiger partial charge >= 0.3 is 0 Å². The van der Waals surface area contributed by atoms with Gasteiger partial charge in [-0.2, -0.15) is 0 Å². The Kier molecular flexibility index (Phi) is 5.21. The van der Waals surface area contributed by atoms with E-state index in [0.717, 1.165) is 36.6 Å². The lowest BCUT2D eigenvalue weighted by molar-refractivity contribution is 0.103. The van der Waals surface area contributed by atoms with Crippen molar-refractivity contribution >= 4 is 0 Å². The molecule has 2 atom stereocenters. The van der Waals surface area contributed by atoms with E-state index in [9.17, 15) is 0 Å². The summed E-state index contributed by atoms with van der Waals surface area (Å²) in [7, 11) is 8.37. The third-order valence-electron chi connectivity index (χ3n) is 6.27. The monoisotopic (exact) mass is 399 g/mol. The first kappa shape index (κ1) is 19.7. The van der Waals surface area contributed by atoms with Crippen molar-refractivity contribution in [3.8, 4) is 28.7 Å². The van der Waals surface area contributed by atoms with Gasteiger partial charge in [0.15, 0.2) is 23.0 Å². The van der Waals surface area contributed by atoms with E-state index in [4.69, 9.17) is 23.7 Å². The zero-order valence-corrected chi connectivity index (χ0v) is 18.0. The molecule has 0 N–H and O–H groups in total.